The van der Waals surface area contributed by atoms with Crippen molar-refractivity contribution in [1.82, 2.24) is 10.6 Å². The van der Waals surface area contributed by atoms with Crippen LogP contribution in [0.25, 0.3) is 0 Å². The Bertz CT molecular complexity index is 483. The molecule has 20 heavy (non-hydrogen) atoms. The third kappa shape index (κ3) is 5.88. The van der Waals surface area contributed by atoms with Crippen LogP contribution in [0.2, 0.25) is 5.02 Å². The fourth-order valence-corrected chi connectivity index (χ4v) is 1.54. The number of imide groups is 1. The molecule has 0 saturated carbocycles. The van der Waals surface area contributed by atoms with Gasteiger partial charge in [0.05, 0.1) is 5.02 Å². The maximum Gasteiger partial charge on any atom is 0.321 e. The molecule has 110 valence electrons. The van der Waals surface area contributed by atoms with Gasteiger partial charge in [0, 0.05) is 6.54 Å². The monoisotopic (exact) mass is 302 g/mol. The van der Waals surface area contributed by atoms with E-state index in [9.17, 15) is 14.0 Å². The van der Waals surface area contributed by atoms with Crippen LogP contribution in [0.3, 0.4) is 0 Å². The third-order valence-corrected chi connectivity index (χ3v) is 2.62. The summed E-state index contributed by atoms with van der Waals surface area (Å²) in [6.45, 7) is 2.11. The van der Waals surface area contributed by atoms with Gasteiger partial charge in [0.15, 0.2) is 6.61 Å². The number of carbonyl (C=O) groups is 2. The molecule has 0 unspecified atom stereocenters. The van der Waals surface area contributed by atoms with Gasteiger partial charge in [0.1, 0.15) is 11.6 Å². The van der Waals surface area contributed by atoms with E-state index in [1.54, 1.807) is 0 Å². The van der Waals surface area contributed by atoms with Crippen molar-refractivity contribution in [1.29, 1.82) is 0 Å². The summed E-state index contributed by atoms with van der Waals surface area (Å²) in [5, 5.41) is 4.70. The van der Waals surface area contributed by atoms with Crippen molar-refractivity contribution < 1.29 is 18.7 Å². The minimum Gasteiger partial charge on any atom is -0.482 e. The van der Waals surface area contributed by atoms with Gasteiger partial charge in [-0.1, -0.05) is 24.9 Å². The van der Waals surface area contributed by atoms with E-state index in [2.05, 4.69) is 10.6 Å². The molecule has 7 heteroatoms. The Hall–Kier alpha value is -1.82. The highest BCUT2D eigenvalue weighted by Crippen LogP contribution is 2.24. The first-order chi connectivity index (χ1) is 9.52. The summed E-state index contributed by atoms with van der Waals surface area (Å²) in [4.78, 5) is 22.7. The van der Waals surface area contributed by atoms with E-state index in [0.717, 1.165) is 25.0 Å². The second kappa shape index (κ2) is 8.37. The average Bonchev–Trinajstić information content (AvgIpc) is 2.38. The molecule has 0 fully saturated rings. The van der Waals surface area contributed by atoms with E-state index in [0.29, 0.717) is 6.54 Å². The predicted octanol–water partition coefficient (Wildman–Crippen LogP) is 2.48. The molecule has 0 bridgehead atoms. The van der Waals surface area contributed by atoms with Crippen molar-refractivity contribution >= 4 is 23.5 Å². The Kier molecular flexibility index (Phi) is 6.79. The minimum atomic E-state index is -0.612. The van der Waals surface area contributed by atoms with Crippen LogP contribution < -0.4 is 15.4 Å². The summed E-state index contributed by atoms with van der Waals surface area (Å²) < 4.78 is 17.9. The molecule has 2 N–H and O–H groups in total. The highest BCUT2D eigenvalue weighted by Gasteiger charge is 2.09. The second-order valence-corrected chi connectivity index (χ2v) is 4.43. The van der Waals surface area contributed by atoms with E-state index in [4.69, 9.17) is 16.3 Å². The lowest BCUT2D eigenvalue weighted by Gasteiger charge is -2.08. The predicted molar refractivity (Wildman–Crippen MR) is 73.4 cm³/mol. The first-order valence-electron chi connectivity index (χ1n) is 6.18. The van der Waals surface area contributed by atoms with Gasteiger partial charge >= 0.3 is 6.03 Å². The Morgan fingerprint density at radius 1 is 1.40 bits per heavy atom. The molecule has 0 spiro atoms. The molecule has 0 heterocycles. The van der Waals surface area contributed by atoms with Gasteiger partial charge in [-0.2, -0.15) is 0 Å². The molecule has 1 aromatic carbocycles. The number of unbranched alkanes of at least 4 members (excludes halogenated alkanes) is 1. The normalized spacial score (nSPS) is 9.95. The number of rotatable bonds is 6. The number of carbonyl (C=O) groups excluding carboxylic acids is 2. The molecule has 3 amide bonds. The van der Waals surface area contributed by atoms with E-state index >= 15 is 0 Å². The molecule has 5 nitrogen and oxygen atoms in total. The van der Waals surface area contributed by atoms with Crippen LogP contribution in [0.15, 0.2) is 18.2 Å². The zero-order valence-electron chi connectivity index (χ0n) is 11.0. The maximum absolute atomic E-state index is 12.8. The minimum absolute atomic E-state index is 0.0604. The molecule has 0 aliphatic heterocycles. The SMILES string of the molecule is CCCCNC(=O)NC(=O)COc1ccc(F)cc1Cl. The molecule has 1 rings (SSSR count). The van der Waals surface area contributed by atoms with Crippen molar-refractivity contribution in [2.75, 3.05) is 13.2 Å². The first kappa shape index (κ1) is 16.2. The number of urea groups is 1. The lowest BCUT2D eigenvalue weighted by Crippen LogP contribution is -2.41. The number of ether oxygens (including phenoxy) is 1. The number of halogens is 2. The summed E-state index contributed by atoms with van der Waals surface area (Å²) in [6, 6.07) is 2.98. The van der Waals surface area contributed by atoms with Gasteiger partial charge in [0.2, 0.25) is 0 Å². The summed E-state index contributed by atoms with van der Waals surface area (Å²) in [5.41, 5.74) is 0. The molecule has 0 aromatic heterocycles. The number of hydrogen-bond acceptors (Lipinski definition) is 3. The van der Waals surface area contributed by atoms with Gasteiger partial charge in [-0.15, -0.1) is 0 Å². The van der Waals surface area contributed by atoms with Crippen LogP contribution >= 0.6 is 11.6 Å². The lowest BCUT2D eigenvalue weighted by atomic mass is 10.3. The maximum atomic E-state index is 12.8. The van der Waals surface area contributed by atoms with Crippen LogP contribution in [0.4, 0.5) is 9.18 Å². The van der Waals surface area contributed by atoms with Gasteiger partial charge in [-0.25, -0.2) is 9.18 Å². The Labute approximate surface area is 121 Å². The lowest BCUT2D eigenvalue weighted by molar-refractivity contribution is -0.122. The highest BCUT2D eigenvalue weighted by molar-refractivity contribution is 6.32. The molecular weight excluding hydrogens is 287 g/mol. The van der Waals surface area contributed by atoms with Crippen molar-refractivity contribution in [3.8, 4) is 5.75 Å². The Morgan fingerprint density at radius 3 is 2.80 bits per heavy atom. The van der Waals surface area contributed by atoms with Crippen LogP contribution in [0, 0.1) is 5.82 Å². The summed E-state index contributed by atoms with van der Waals surface area (Å²) in [5.74, 6) is -0.934. The third-order valence-electron chi connectivity index (χ3n) is 2.32. The quantitative estimate of drug-likeness (QED) is 0.793. The van der Waals surface area contributed by atoms with Crippen LogP contribution in [-0.4, -0.2) is 25.1 Å². The average molecular weight is 303 g/mol. The molecule has 0 radical (unpaired) electrons. The molecule has 0 atom stereocenters. The number of amides is 3. The fourth-order valence-electron chi connectivity index (χ4n) is 1.32. The zero-order valence-corrected chi connectivity index (χ0v) is 11.8. The van der Waals surface area contributed by atoms with Crippen molar-refractivity contribution in [3.63, 3.8) is 0 Å². The fraction of sp³-hybridized carbons (Fsp3) is 0.385. The smallest absolute Gasteiger partial charge is 0.321 e. The number of nitrogens with one attached hydrogen (secondary N) is 2. The topological polar surface area (TPSA) is 67.4 Å². The van der Waals surface area contributed by atoms with E-state index in [-0.39, 0.29) is 17.4 Å². The number of hydrogen-bond donors (Lipinski definition) is 2. The molecule has 0 saturated heterocycles. The van der Waals surface area contributed by atoms with Gasteiger partial charge in [-0.05, 0) is 24.6 Å². The number of benzene rings is 1. The van der Waals surface area contributed by atoms with Crippen LogP contribution in [-0.2, 0) is 4.79 Å². The molecule has 0 aliphatic rings. The largest absolute Gasteiger partial charge is 0.482 e. The van der Waals surface area contributed by atoms with Crippen molar-refractivity contribution in [2.24, 2.45) is 0 Å². The zero-order chi connectivity index (χ0) is 15.0. The van der Waals surface area contributed by atoms with E-state index in [1.165, 1.54) is 6.07 Å². The Morgan fingerprint density at radius 2 is 2.15 bits per heavy atom. The summed E-state index contributed by atoms with van der Waals surface area (Å²) in [7, 11) is 0. The van der Waals surface area contributed by atoms with E-state index < -0.39 is 17.8 Å². The van der Waals surface area contributed by atoms with Crippen LogP contribution in [0.5, 0.6) is 5.75 Å². The van der Waals surface area contributed by atoms with E-state index in [1.807, 2.05) is 6.92 Å². The summed E-state index contributed by atoms with van der Waals surface area (Å²) in [6.07, 6.45) is 1.78. The second-order valence-electron chi connectivity index (χ2n) is 4.02. The van der Waals surface area contributed by atoms with Gasteiger partial charge in [-0.3, -0.25) is 10.1 Å². The standard InChI is InChI=1S/C13H16ClFN2O3/c1-2-3-6-16-13(19)17-12(18)8-20-11-5-4-9(15)7-10(11)14/h4-5,7H,2-3,6,8H2,1H3,(H2,16,17,18,19). The summed E-state index contributed by atoms with van der Waals surface area (Å²) >= 11 is 5.73. The first-order valence-corrected chi connectivity index (χ1v) is 6.56. The molecule has 1 aromatic rings. The van der Waals surface area contributed by atoms with Crippen molar-refractivity contribution in [3.05, 3.63) is 29.0 Å². The van der Waals surface area contributed by atoms with Gasteiger partial charge in [0.25, 0.3) is 5.91 Å². The Balaban J connectivity index is 2.34. The molecular formula is C13H16ClFN2O3. The molecule has 0 aliphatic carbocycles. The van der Waals surface area contributed by atoms with Crippen molar-refractivity contribution in [2.45, 2.75) is 19.8 Å². The van der Waals surface area contributed by atoms with Crippen LogP contribution in [0.1, 0.15) is 19.8 Å². The highest BCUT2D eigenvalue weighted by atomic mass is 35.5. The van der Waals surface area contributed by atoms with Gasteiger partial charge < -0.3 is 10.1 Å².